The minimum absolute atomic E-state index is 0.433. The Hall–Kier alpha value is -4.62. The van der Waals surface area contributed by atoms with E-state index in [1.807, 2.05) is 0 Å². The summed E-state index contributed by atoms with van der Waals surface area (Å²) in [6.07, 6.45) is 0. The van der Waals surface area contributed by atoms with Crippen molar-refractivity contribution in [2.45, 2.75) is 5.41 Å². The zero-order valence-corrected chi connectivity index (χ0v) is 19.6. The lowest BCUT2D eigenvalue weighted by molar-refractivity contribution is 0.436. The van der Waals surface area contributed by atoms with Crippen molar-refractivity contribution in [3.63, 3.8) is 0 Å². The fraction of sp³-hybridized carbons (Fsp3) is 0.0286. The molecule has 0 atom stereocenters. The number of hydrogen-bond donors (Lipinski definition) is 0. The first-order valence-corrected chi connectivity index (χ1v) is 12.4. The molecular weight excluding hydrogens is 436 g/mol. The second-order valence-corrected chi connectivity index (χ2v) is 9.68. The number of benzene rings is 6. The highest BCUT2D eigenvalue weighted by molar-refractivity contribution is 5.98. The Balaban J connectivity index is 1.51. The van der Waals surface area contributed by atoms with E-state index in [0.717, 1.165) is 11.5 Å². The van der Waals surface area contributed by atoms with E-state index >= 15 is 0 Å². The second-order valence-electron chi connectivity index (χ2n) is 9.68. The first-order valence-electron chi connectivity index (χ1n) is 12.4. The normalized spacial score (nSPS) is 14.0. The summed E-state index contributed by atoms with van der Waals surface area (Å²) in [6, 6.07) is 48.2. The first kappa shape index (κ1) is 19.7. The lowest BCUT2D eigenvalue weighted by Crippen LogP contribution is -2.32. The van der Waals surface area contributed by atoms with E-state index in [0.29, 0.717) is 0 Å². The van der Waals surface area contributed by atoms with Crippen molar-refractivity contribution in [1.29, 1.82) is 0 Å². The highest BCUT2D eigenvalue weighted by Gasteiger charge is 2.50. The first-order chi connectivity index (χ1) is 17.9. The molecule has 1 heteroatoms. The predicted octanol–water partition coefficient (Wildman–Crippen LogP) is 8.98. The average molecular weight is 459 g/mol. The van der Waals surface area contributed by atoms with Gasteiger partial charge in [-0.3, -0.25) is 0 Å². The van der Waals surface area contributed by atoms with Gasteiger partial charge in [-0.05, 0) is 62.4 Å². The number of fused-ring (bicyclic) bond motifs is 10. The number of rotatable bonds is 1. The minimum Gasteiger partial charge on any atom is -0.457 e. The Morgan fingerprint density at radius 1 is 0.417 bits per heavy atom. The Morgan fingerprint density at radius 2 is 1.00 bits per heavy atom. The number of ether oxygens (including phenoxy) is 1. The van der Waals surface area contributed by atoms with Crippen molar-refractivity contribution >= 4 is 10.8 Å². The van der Waals surface area contributed by atoms with Gasteiger partial charge in [-0.1, -0.05) is 115 Å². The Labute approximate surface area is 210 Å². The monoisotopic (exact) mass is 458 g/mol. The molecule has 1 nitrogen and oxygen atoms in total. The van der Waals surface area contributed by atoms with Crippen molar-refractivity contribution in [3.05, 3.63) is 156 Å². The van der Waals surface area contributed by atoms with Gasteiger partial charge in [-0.25, -0.2) is 0 Å². The van der Waals surface area contributed by atoms with Crippen LogP contribution in [0.15, 0.2) is 133 Å². The predicted molar refractivity (Wildman–Crippen MR) is 147 cm³/mol. The molecule has 1 spiro atoms. The van der Waals surface area contributed by atoms with E-state index in [1.54, 1.807) is 0 Å². The van der Waals surface area contributed by atoms with Crippen molar-refractivity contribution < 1.29 is 4.74 Å². The SMILES string of the molecule is c1ccc2c(c1)Oc1ccccc1C21c2ccccc2-c2ccc(-c3cccc4ccccc34)cc21. The van der Waals surface area contributed by atoms with E-state index in [2.05, 4.69) is 133 Å². The molecule has 0 fully saturated rings. The van der Waals surface area contributed by atoms with Gasteiger partial charge in [0.2, 0.25) is 0 Å². The second kappa shape index (κ2) is 7.19. The summed E-state index contributed by atoms with van der Waals surface area (Å²) in [7, 11) is 0. The van der Waals surface area contributed by atoms with Crippen LogP contribution in [0.25, 0.3) is 33.0 Å². The molecule has 168 valence electrons. The van der Waals surface area contributed by atoms with Crippen molar-refractivity contribution in [3.8, 4) is 33.8 Å². The van der Waals surface area contributed by atoms with E-state index in [4.69, 9.17) is 4.74 Å². The van der Waals surface area contributed by atoms with Crippen LogP contribution in [0, 0.1) is 0 Å². The maximum Gasteiger partial charge on any atom is 0.132 e. The molecule has 0 saturated heterocycles. The van der Waals surface area contributed by atoms with Crippen LogP contribution < -0.4 is 4.74 Å². The molecule has 0 bridgehead atoms. The summed E-state index contributed by atoms with van der Waals surface area (Å²) < 4.78 is 6.47. The van der Waals surface area contributed by atoms with E-state index < -0.39 is 5.41 Å². The summed E-state index contributed by atoms with van der Waals surface area (Å²) >= 11 is 0. The highest BCUT2D eigenvalue weighted by atomic mass is 16.5. The molecule has 0 aromatic heterocycles. The quantitative estimate of drug-likeness (QED) is 0.238. The molecule has 1 aliphatic carbocycles. The maximum atomic E-state index is 6.47. The molecule has 1 aliphatic heterocycles. The summed E-state index contributed by atoms with van der Waals surface area (Å²) in [5, 5.41) is 2.53. The van der Waals surface area contributed by atoms with Crippen LogP contribution in [-0.2, 0) is 5.41 Å². The average Bonchev–Trinajstić information content (AvgIpc) is 3.23. The van der Waals surface area contributed by atoms with Crippen molar-refractivity contribution in [1.82, 2.24) is 0 Å². The Kier molecular flexibility index (Phi) is 3.93. The van der Waals surface area contributed by atoms with E-state index in [9.17, 15) is 0 Å². The number of para-hydroxylation sites is 2. The minimum atomic E-state index is -0.433. The standard InChI is InChI=1S/C35H22O/c1-2-12-25-23(10-1)11-9-14-26(25)24-20-21-28-27-13-3-4-15-29(27)35(32(28)22-24)30-16-5-7-18-33(30)36-34-19-8-6-17-31(34)35/h1-22H. The molecule has 0 unspecified atom stereocenters. The molecule has 1 heterocycles. The maximum absolute atomic E-state index is 6.47. The van der Waals surface area contributed by atoms with Gasteiger partial charge in [0.05, 0.1) is 5.41 Å². The van der Waals surface area contributed by atoms with Gasteiger partial charge >= 0.3 is 0 Å². The largest absolute Gasteiger partial charge is 0.457 e. The Morgan fingerprint density at radius 3 is 1.81 bits per heavy atom. The summed E-state index contributed by atoms with van der Waals surface area (Å²) in [4.78, 5) is 0. The fourth-order valence-electron chi connectivity index (χ4n) is 6.50. The lowest BCUT2D eigenvalue weighted by Gasteiger charge is -2.39. The smallest absolute Gasteiger partial charge is 0.132 e. The molecule has 6 aromatic rings. The van der Waals surface area contributed by atoms with Crippen LogP contribution in [-0.4, -0.2) is 0 Å². The third kappa shape index (κ3) is 2.44. The molecule has 6 aromatic carbocycles. The van der Waals surface area contributed by atoms with Gasteiger partial charge in [0.25, 0.3) is 0 Å². The topological polar surface area (TPSA) is 9.23 Å². The van der Waals surface area contributed by atoms with Crippen LogP contribution in [0.5, 0.6) is 11.5 Å². The molecule has 8 rings (SSSR count). The van der Waals surface area contributed by atoms with Crippen LogP contribution in [0.4, 0.5) is 0 Å². The molecule has 0 N–H and O–H groups in total. The zero-order valence-electron chi connectivity index (χ0n) is 19.6. The van der Waals surface area contributed by atoms with Gasteiger partial charge in [-0.15, -0.1) is 0 Å². The molecule has 2 aliphatic rings. The third-order valence-corrected chi connectivity index (χ3v) is 7.95. The summed E-state index contributed by atoms with van der Waals surface area (Å²) in [5.41, 5.74) is 9.68. The van der Waals surface area contributed by atoms with Gasteiger partial charge < -0.3 is 4.74 Å². The van der Waals surface area contributed by atoms with Crippen LogP contribution in [0.3, 0.4) is 0 Å². The lowest BCUT2D eigenvalue weighted by atomic mass is 9.66. The fourth-order valence-corrected chi connectivity index (χ4v) is 6.50. The van der Waals surface area contributed by atoms with Gasteiger partial charge in [0.15, 0.2) is 0 Å². The third-order valence-electron chi connectivity index (χ3n) is 7.95. The highest BCUT2D eigenvalue weighted by Crippen LogP contribution is 2.62. The van der Waals surface area contributed by atoms with Crippen LogP contribution in [0.1, 0.15) is 22.3 Å². The van der Waals surface area contributed by atoms with E-state index in [-0.39, 0.29) is 0 Å². The van der Waals surface area contributed by atoms with Crippen molar-refractivity contribution in [2.24, 2.45) is 0 Å². The molecule has 36 heavy (non-hydrogen) atoms. The van der Waals surface area contributed by atoms with Gasteiger partial charge in [0, 0.05) is 11.1 Å². The number of hydrogen-bond acceptors (Lipinski definition) is 1. The molecular formula is C35H22O. The van der Waals surface area contributed by atoms with Gasteiger partial charge in [-0.2, -0.15) is 0 Å². The molecule has 0 saturated carbocycles. The van der Waals surface area contributed by atoms with Crippen LogP contribution >= 0.6 is 0 Å². The summed E-state index contributed by atoms with van der Waals surface area (Å²) in [5.74, 6) is 1.85. The Bertz CT molecular complexity index is 1780. The van der Waals surface area contributed by atoms with Crippen molar-refractivity contribution in [2.75, 3.05) is 0 Å². The van der Waals surface area contributed by atoms with E-state index in [1.165, 1.54) is 55.3 Å². The van der Waals surface area contributed by atoms with Crippen LogP contribution in [0.2, 0.25) is 0 Å². The van der Waals surface area contributed by atoms with Gasteiger partial charge in [0.1, 0.15) is 11.5 Å². The molecule has 0 radical (unpaired) electrons. The summed E-state index contributed by atoms with van der Waals surface area (Å²) in [6.45, 7) is 0. The zero-order chi connectivity index (χ0) is 23.7. The molecule has 0 amide bonds.